The van der Waals surface area contributed by atoms with Crippen molar-refractivity contribution in [1.29, 1.82) is 0 Å². The largest absolute Gasteiger partial charge is 0.286 e. The third-order valence-corrected chi connectivity index (χ3v) is 39.5. The average Bonchev–Trinajstić information content (AvgIpc) is 2.38. The first-order valence-electron chi connectivity index (χ1n) is 11.0. The lowest BCUT2D eigenvalue weighted by Crippen LogP contribution is -2.74. The van der Waals surface area contributed by atoms with Crippen molar-refractivity contribution in [2.45, 2.75) is 109 Å². The molecular formula is C23H47Si4-. The SMILES string of the molecule is CCCC[Si-](c1c(C)cc(C)cc1C)C([Si](C)(C)C)([Si](C)(C)C)[Si](C)(C)C. The van der Waals surface area contributed by atoms with E-state index in [2.05, 4.69) is 98.8 Å². The van der Waals surface area contributed by atoms with Gasteiger partial charge in [-0.1, -0.05) is 108 Å². The molecule has 0 aliphatic carbocycles. The molecule has 0 atom stereocenters. The minimum Gasteiger partial charge on any atom is -0.286 e. The van der Waals surface area contributed by atoms with Gasteiger partial charge in [0.2, 0.25) is 0 Å². The summed E-state index contributed by atoms with van der Waals surface area (Å²) in [5.74, 6) is 0. The Labute approximate surface area is 176 Å². The van der Waals surface area contributed by atoms with Crippen LogP contribution in [0, 0.1) is 20.8 Å². The molecule has 0 aliphatic heterocycles. The van der Waals surface area contributed by atoms with Crippen LogP contribution in [-0.4, -0.2) is 33.0 Å². The van der Waals surface area contributed by atoms with E-state index >= 15 is 0 Å². The zero-order valence-electron chi connectivity index (χ0n) is 20.8. The Balaban J connectivity index is 4.01. The summed E-state index contributed by atoms with van der Waals surface area (Å²) in [5.41, 5.74) is 4.62. The molecule has 0 radical (unpaired) electrons. The van der Waals surface area contributed by atoms with Gasteiger partial charge in [0.1, 0.15) is 0 Å². The molecule has 0 amide bonds. The maximum atomic E-state index is 2.72. The van der Waals surface area contributed by atoms with E-state index in [9.17, 15) is 0 Å². The lowest BCUT2D eigenvalue weighted by molar-refractivity contribution is 0.870. The summed E-state index contributed by atoms with van der Waals surface area (Å²) in [6.07, 6.45) is 2.74. The summed E-state index contributed by atoms with van der Waals surface area (Å²) in [5, 5.41) is 1.83. The number of unbranched alkanes of at least 4 members (excludes halogenated alkanes) is 1. The fraction of sp³-hybridized carbons (Fsp3) is 0.739. The molecule has 0 aliphatic rings. The van der Waals surface area contributed by atoms with E-state index in [-0.39, 0.29) is 0 Å². The van der Waals surface area contributed by atoms with E-state index in [0.717, 1.165) is 0 Å². The van der Waals surface area contributed by atoms with Gasteiger partial charge in [-0.25, -0.2) is 0 Å². The van der Waals surface area contributed by atoms with Crippen molar-refractivity contribution in [3.05, 3.63) is 28.8 Å². The smallest absolute Gasteiger partial charge is 0.0152 e. The second kappa shape index (κ2) is 8.45. The fourth-order valence-electron chi connectivity index (χ4n) is 7.24. The van der Waals surface area contributed by atoms with E-state index in [4.69, 9.17) is 0 Å². The predicted molar refractivity (Wildman–Crippen MR) is 138 cm³/mol. The molecular weight excluding hydrogens is 389 g/mol. The van der Waals surface area contributed by atoms with Crippen LogP contribution in [0.1, 0.15) is 36.5 Å². The van der Waals surface area contributed by atoms with Gasteiger partial charge >= 0.3 is 0 Å². The number of hydrogen-bond donors (Lipinski definition) is 0. The number of rotatable bonds is 8. The van der Waals surface area contributed by atoms with Crippen LogP contribution in [0.4, 0.5) is 0 Å². The van der Waals surface area contributed by atoms with Crippen LogP contribution < -0.4 is 5.19 Å². The van der Waals surface area contributed by atoms with Gasteiger partial charge in [-0.15, -0.1) is 0 Å². The molecule has 1 aromatic carbocycles. The van der Waals surface area contributed by atoms with E-state index in [1.54, 1.807) is 11.1 Å². The van der Waals surface area contributed by atoms with Crippen LogP contribution in [0.15, 0.2) is 12.1 Å². The first-order valence-corrected chi connectivity index (χ1v) is 23.2. The number of benzene rings is 1. The molecule has 0 heterocycles. The van der Waals surface area contributed by atoms with E-state index < -0.39 is 33.0 Å². The average molecular weight is 436 g/mol. The summed E-state index contributed by atoms with van der Waals surface area (Å²) in [6.45, 7) is 34.0. The van der Waals surface area contributed by atoms with Gasteiger partial charge in [-0.05, 0) is 20.8 Å². The van der Waals surface area contributed by atoms with Crippen LogP contribution in [0.2, 0.25) is 68.9 Å². The van der Waals surface area contributed by atoms with Crippen molar-refractivity contribution in [1.82, 2.24) is 0 Å². The Morgan fingerprint density at radius 3 is 1.41 bits per heavy atom. The Hall–Kier alpha value is 0.0875. The van der Waals surface area contributed by atoms with E-state index in [0.29, 0.717) is 3.91 Å². The molecule has 0 nitrogen and oxygen atoms in total. The fourth-order valence-corrected chi connectivity index (χ4v) is 50.2. The van der Waals surface area contributed by atoms with Crippen LogP contribution in [0.5, 0.6) is 0 Å². The van der Waals surface area contributed by atoms with Gasteiger partial charge in [0, 0.05) is 24.2 Å². The van der Waals surface area contributed by atoms with Gasteiger partial charge in [0.15, 0.2) is 0 Å². The monoisotopic (exact) mass is 435 g/mol. The molecule has 27 heavy (non-hydrogen) atoms. The highest BCUT2D eigenvalue weighted by atomic mass is 28.5. The van der Waals surface area contributed by atoms with Crippen molar-refractivity contribution in [2.75, 3.05) is 0 Å². The Kier molecular flexibility index (Phi) is 7.86. The number of hydrogen-bond acceptors (Lipinski definition) is 0. The molecule has 0 unspecified atom stereocenters. The standard InChI is InChI=1S/C23H47Si4/c1-14-15-16-24(22-20(3)17-19(2)18-21(22)4)23(25(5,6)7,26(8,9)10)27(11,12)13/h17-18H,14-16H2,1-13H3/q-1. The summed E-state index contributed by atoms with van der Waals surface area (Å²) in [4.78, 5) is 0. The highest BCUT2D eigenvalue weighted by Gasteiger charge is 2.56. The Morgan fingerprint density at radius 1 is 0.741 bits per heavy atom. The third kappa shape index (κ3) is 4.64. The van der Waals surface area contributed by atoms with E-state index in [1.807, 2.05) is 5.19 Å². The highest BCUT2D eigenvalue weighted by molar-refractivity contribution is 7.28. The molecule has 1 aromatic rings. The molecule has 0 saturated carbocycles. The van der Waals surface area contributed by atoms with Gasteiger partial charge in [0.05, 0.1) is 0 Å². The molecule has 1 rings (SSSR count). The topological polar surface area (TPSA) is 0 Å². The normalized spacial score (nSPS) is 13.8. The predicted octanol–water partition coefficient (Wildman–Crippen LogP) is 7.49. The van der Waals surface area contributed by atoms with Gasteiger partial charge in [-0.2, -0.15) is 15.1 Å². The summed E-state index contributed by atoms with van der Waals surface area (Å²) < 4.78 is 0.678. The van der Waals surface area contributed by atoms with Crippen molar-refractivity contribution in [3.8, 4) is 0 Å². The molecule has 0 saturated heterocycles. The highest BCUT2D eigenvalue weighted by Crippen LogP contribution is 2.56. The Morgan fingerprint density at radius 2 is 1.11 bits per heavy atom. The first-order chi connectivity index (χ1) is 12.0. The molecule has 4 heteroatoms. The van der Waals surface area contributed by atoms with Crippen molar-refractivity contribution >= 4 is 38.2 Å². The van der Waals surface area contributed by atoms with Crippen LogP contribution in [-0.2, 0) is 0 Å². The van der Waals surface area contributed by atoms with Gasteiger partial charge in [0.25, 0.3) is 0 Å². The molecule has 0 N–H and O–H groups in total. The van der Waals surface area contributed by atoms with Crippen molar-refractivity contribution in [3.63, 3.8) is 0 Å². The lowest BCUT2D eigenvalue weighted by atomic mass is 10.1. The minimum absolute atomic E-state index is 0.646. The third-order valence-electron chi connectivity index (χ3n) is 6.59. The lowest BCUT2D eigenvalue weighted by Gasteiger charge is -2.72. The van der Waals surface area contributed by atoms with Gasteiger partial charge < -0.3 is 0 Å². The molecule has 0 aromatic heterocycles. The zero-order valence-corrected chi connectivity index (χ0v) is 24.8. The minimum atomic E-state index is -1.39. The quantitative estimate of drug-likeness (QED) is 0.371. The second-order valence-corrected chi connectivity index (χ2v) is 33.3. The maximum absolute atomic E-state index is 2.72. The molecule has 0 bridgehead atoms. The van der Waals surface area contributed by atoms with Crippen molar-refractivity contribution < 1.29 is 0 Å². The summed E-state index contributed by atoms with van der Waals surface area (Å²) in [6, 6.07) is 6.43. The number of aryl methyl sites for hydroxylation is 3. The first kappa shape index (κ1) is 25.1. The Bertz CT molecular complexity index is 583. The summed E-state index contributed by atoms with van der Waals surface area (Å²) in [7, 11) is -4.83. The van der Waals surface area contributed by atoms with Crippen molar-refractivity contribution in [2.24, 2.45) is 0 Å². The molecule has 156 valence electrons. The summed E-state index contributed by atoms with van der Waals surface area (Å²) >= 11 is 0. The second-order valence-electron chi connectivity index (χ2n) is 11.9. The van der Waals surface area contributed by atoms with Crippen LogP contribution >= 0.6 is 0 Å². The van der Waals surface area contributed by atoms with E-state index in [1.165, 1.54) is 24.4 Å². The maximum Gasteiger partial charge on any atom is 0.0152 e. The molecule has 0 fully saturated rings. The zero-order chi connectivity index (χ0) is 21.4. The van der Waals surface area contributed by atoms with Crippen LogP contribution in [0.25, 0.3) is 0 Å². The van der Waals surface area contributed by atoms with Crippen LogP contribution in [0.3, 0.4) is 0 Å². The van der Waals surface area contributed by atoms with Gasteiger partial charge in [-0.3, -0.25) is 8.80 Å². The molecule has 0 spiro atoms.